The van der Waals surface area contributed by atoms with Crippen molar-refractivity contribution in [2.75, 3.05) is 13.2 Å². The molecule has 0 unspecified atom stereocenters. The molecule has 23 heavy (non-hydrogen) atoms. The zero-order chi connectivity index (χ0) is 17.1. The first-order valence-electron chi connectivity index (χ1n) is 7.60. The SMILES string of the molecule is C#CCC(CC=Cc1ccccc1)(C(=O)OCC)C(=O)OCC. The van der Waals surface area contributed by atoms with Crippen molar-refractivity contribution in [1.82, 2.24) is 0 Å². The molecular formula is C19H22O4. The van der Waals surface area contributed by atoms with Crippen molar-refractivity contribution < 1.29 is 19.1 Å². The molecule has 122 valence electrons. The van der Waals surface area contributed by atoms with Crippen LogP contribution < -0.4 is 0 Å². The van der Waals surface area contributed by atoms with E-state index in [1.807, 2.05) is 36.4 Å². The quantitative estimate of drug-likeness (QED) is 0.420. The summed E-state index contributed by atoms with van der Waals surface area (Å²) in [6, 6.07) is 9.58. The van der Waals surface area contributed by atoms with E-state index in [1.54, 1.807) is 19.9 Å². The van der Waals surface area contributed by atoms with E-state index in [0.29, 0.717) is 0 Å². The average Bonchev–Trinajstić information content (AvgIpc) is 2.55. The van der Waals surface area contributed by atoms with Crippen molar-refractivity contribution in [3.8, 4) is 12.3 Å². The third kappa shape index (κ3) is 5.00. The van der Waals surface area contributed by atoms with Gasteiger partial charge in [0.1, 0.15) is 0 Å². The minimum absolute atomic E-state index is 0.0657. The minimum Gasteiger partial charge on any atom is -0.465 e. The van der Waals surface area contributed by atoms with Crippen LogP contribution in [0, 0.1) is 17.8 Å². The number of benzene rings is 1. The molecule has 0 radical (unpaired) electrons. The van der Waals surface area contributed by atoms with Gasteiger partial charge in [-0.3, -0.25) is 9.59 Å². The van der Waals surface area contributed by atoms with E-state index in [9.17, 15) is 9.59 Å². The lowest BCUT2D eigenvalue weighted by Gasteiger charge is -2.26. The van der Waals surface area contributed by atoms with Gasteiger partial charge >= 0.3 is 11.9 Å². The van der Waals surface area contributed by atoms with Crippen LogP contribution in [0.15, 0.2) is 36.4 Å². The van der Waals surface area contributed by atoms with Crippen molar-refractivity contribution in [3.63, 3.8) is 0 Å². The zero-order valence-corrected chi connectivity index (χ0v) is 13.6. The summed E-state index contributed by atoms with van der Waals surface area (Å²) >= 11 is 0. The van der Waals surface area contributed by atoms with Gasteiger partial charge in [0, 0.05) is 6.42 Å². The Morgan fingerprint density at radius 3 is 2.17 bits per heavy atom. The number of ether oxygens (including phenoxy) is 2. The highest BCUT2D eigenvalue weighted by Gasteiger charge is 2.47. The Kier molecular flexibility index (Phi) is 7.62. The van der Waals surface area contributed by atoms with Crippen LogP contribution in [0.4, 0.5) is 0 Å². The smallest absolute Gasteiger partial charge is 0.324 e. The number of carbonyl (C=O) groups excluding carboxylic acids is 2. The standard InChI is InChI=1S/C19H22O4/c1-4-14-19(17(20)22-5-2,18(21)23-6-3)15-10-13-16-11-8-7-9-12-16/h1,7-13H,5-6,14-15H2,2-3H3. The molecule has 4 heteroatoms. The summed E-state index contributed by atoms with van der Waals surface area (Å²) in [7, 11) is 0. The molecule has 1 rings (SSSR count). The van der Waals surface area contributed by atoms with E-state index in [0.717, 1.165) is 5.56 Å². The molecule has 0 saturated carbocycles. The topological polar surface area (TPSA) is 52.6 Å². The monoisotopic (exact) mass is 314 g/mol. The molecule has 0 aliphatic heterocycles. The maximum absolute atomic E-state index is 12.4. The molecule has 0 heterocycles. The highest BCUT2D eigenvalue weighted by Crippen LogP contribution is 2.31. The van der Waals surface area contributed by atoms with Gasteiger partial charge in [0.15, 0.2) is 5.41 Å². The van der Waals surface area contributed by atoms with Crippen LogP contribution in [0.1, 0.15) is 32.3 Å². The van der Waals surface area contributed by atoms with E-state index >= 15 is 0 Å². The summed E-state index contributed by atoms with van der Waals surface area (Å²) < 4.78 is 10.1. The lowest BCUT2D eigenvalue weighted by molar-refractivity contribution is -0.171. The lowest BCUT2D eigenvalue weighted by Crippen LogP contribution is -2.41. The molecule has 0 bridgehead atoms. The third-order valence-electron chi connectivity index (χ3n) is 3.31. The Morgan fingerprint density at radius 1 is 1.13 bits per heavy atom. The fourth-order valence-electron chi connectivity index (χ4n) is 2.14. The van der Waals surface area contributed by atoms with Crippen LogP contribution in [0.2, 0.25) is 0 Å². The number of carbonyl (C=O) groups is 2. The van der Waals surface area contributed by atoms with Crippen LogP contribution in [0.3, 0.4) is 0 Å². The summed E-state index contributed by atoms with van der Waals surface area (Å²) in [5.74, 6) is 1.11. The molecule has 1 aromatic rings. The number of allylic oxidation sites excluding steroid dienone is 1. The second kappa shape index (κ2) is 9.47. The van der Waals surface area contributed by atoms with Crippen LogP contribution in [-0.4, -0.2) is 25.2 Å². The van der Waals surface area contributed by atoms with Gasteiger partial charge in [0.25, 0.3) is 0 Å². The molecule has 0 fully saturated rings. The summed E-state index contributed by atoms with van der Waals surface area (Å²) in [5.41, 5.74) is -0.527. The lowest BCUT2D eigenvalue weighted by atomic mass is 9.81. The number of rotatable bonds is 8. The van der Waals surface area contributed by atoms with Crippen LogP contribution in [0.25, 0.3) is 6.08 Å². The fourth-order valence-corrected chi connectivity index (χ4v) is 2.14. The van der Waals surface area contributed by atoms with Gasteiger partial charge in [-0.1, -0.05) is 42.5 Å². The first kappa shape index (κ1) is 18.5. The third-order valence-corrected chi connectivity index (χ3v) is 3.31. The number of hydrogen-bond donors (Lipinski definition) is 0. The van der Waals surface area contributed by atoms with E-state index in [4.69, 9.17) is 15.9 Å². The molecule has 0 aromatic heterocycles. The maximum atomic E-state index is 12.4. The molecule has 0 atom stereocenters. The summed E-state index contributed by atoms with van der Waals surface area (Å²) in [4.78, 5) is 24.7. The van der Waals surface area contributed by atoms with Crippen molar-refractivity contribution in [3.05, 3.63) is 42.0 Å². The van der Waals surface area contributed by atoms with Gasteiger partial charge < -0.3 is 9.47 Å². The first-order chi connectivity index (χ1) is 11.1. The first-order valence-corrected chi connectivity index (χ1v) is 7.60. The molecule has 1 aromatic carbocycles. The Hall–Kier alpha value is -2.54. The van der Waals surface area contributed by atoms with Crippen molar-refractivity contribution in [2.24, 2.45) is 5.41 Å². The second-order valence-electron chi connectivity index (χ2n) is 4.92. The molecule has 0 N–H and O–H groups in total. The Balaban J connectivity index is 3.05. The van der Waals surface area contributed by atoms with E-state index in [2.05, 4.69) is 5.92 Å². The summed E-state index contributed by atoms with van der Waals surface area (Å²) in [6.07, 6.45) is 9.03. The molecule has 0 amide bonds. The molecule has 4 nitrogen and oxygen atoms in total. The van der Waals surface area contributed by atoms with Crippen molar-refractivity contribution >= 4 is 18.0 Å². The van der Waals surface area contributed by atoms with Gasteiger partial charge in [-0.15, -0.1) is 12.3 Å². The van der Waals surface area contributed by atoms with Gasteiger partial charge in [-0.05, 0) is 25.8 Å². The molecular weight excluding hydrogens is 292 g/mol. The molecule has 0 saturated heterocycles. The van der Waals surface area contributed by atoms with Crippen LogP contribution in [0.5, 0.6) is 0 Å². The van der Waals surface area contributed by atoms with Crippen LogP contribution >= 0.6 is 0 Å². The van der Waals surface area contributed by atoms with Crippen LogP contribution in [-0.2, 0) is 19.1 Å². The van der Waals surface area contributed by atoms with E-state index < -0.39 is 17.4 Å². The number of terminal acetylenes is 1. The predicted molar refractivity (Wildman–Crippen MR) is 89.2 cm³/mol. The highest BCUT2D eigenvalue weighted by atomic mass is 16.6. The Bertz CT molecular complexity index is 563. The fraction of sp³-hybridized carbons (Fsp3) is 0.368. The van der Waals surface area contributed by atoms with Crippen molar-refractivity contribution in [1.29, 1.82) is 0 Å². The van der Waals surface area contributed by atoms with E-state index in [1.165, 1.54) is 0 Å². The maximum Gasteiger partial charge on any atom is 0.324 e. The van der Waals surface area contributed by atoms with Gasteiger partial charge in [0.05, 0.1) is 13.2 Å². The van der Waals surface area contributed by atoms with Gasteiger partial charge in [-0.25, -0.2) is 0 Å². The normalized spacial score (nSPS) is 11.0. The number of hydrogen-bond acceptors (Lipinski definition) is 4. The predicted octanol–water partition coefficient (Wildman–Crippen LogP) is 3.23. The average molecular weight is 314 g/mol. The van der Waals surface area contributed by atoms with E-state index in [-0.39, 0.29) is 26.1 Å². The molecule has 0 spiro atoms. The number of esters is 2. The van der Waals surface area contributed by atoms with Gasteiger partial charge in [0.2, 0.25) is 0 Å². The molecule has 0 aliphatic carbocycles. The largest absolute Gasteiger partial charge is 0.465 e. The summed E-state index contributed by atoms with van der Waals surface area (Å²) in [6.45, 7) is 3.72. The second-order valence-corrected chi connectivity index (χ2v) is 4.92. The molecule has 0 aliphatic rings. The highest BCUT2D eigenvalue weighted by molar-refractivity contribution is 6.00. The van der Waals surface area contributed by atoms with Crippen molar-refractivity contribution in [2.45, 2.75) is 26.7 Å². The zero-order valence-electron chi connectivity index (χ0n) is 13.6. The minimum atomic E-state index is -1.49. The Morgan fingerprint density at radius 2 is 1.70 bits per heavy atom. The summed E-state index contributed by atoms with van der Waals surface area (Å²) in [5, 5.41) is 0. The van der Waals surface area contributed by atoms with Gasteiger partial charge in [-0.2, -0.15) is 0 Å². The Labute approximate surface area is 137 Å².